The van der Waals surface area contributed by atoms with Gasteiger partial charge in [0, 0.05) is 22.8 Å². The molecule has 0 fully saturated rings. The molecule has 0 heterocycles. The van der Waals surface area contributed by atoms with Crippen LogP contribution in [-0.4, -0.2) is 6.61 Å². The van der Waals surface area contributed by atoms with Crippen LogP contribution in [0.15, 0.2) is 36.4 Å². The van der Waals surface area contributed by atoms with Crippen molar-refractivity contribution in [1.29, 1.82) is 0 Å². The lowest BCUT2D eigenvalue weighted by atomic mass is 10.1. The number of hydrogen-bond acceptors (Lipinski definition) is 2. The molecule has 4 heteroatoms. The molecule has 2 nitrogen and oxygen atoms in total. The molecule has 1 N–H and O–H groups in total. The molecule has 0 aliphatic rings. The number of hydrogen-bond donors (Lipinski definition) is 1. The van der Waals surface area contributed by atoms with E-state index in [1.165, 1.54) is 5.56 Å². The summed E-state index contributed by atoms with van der Waals surface area (Å²) in [5, 5.41) is 4.54. The fourth-order valence-corrected chi connectivity index (χ4v) is 2.60. The summed E-state index contributed by atoms with van der Waals surface area (Å²) in [6, 6.07) is 11.7. The lowest BCUT2D eigenvalue weighted by molar-refractivity contribution is 0.337. The number of nitrogens with one attached hydrogen (secondary N) is 1. The van der Waals surface area contributed by atoms with Crippen molar-refractivity contribution in [2.24, 2.45) is 0 Å². The van der Waals surface area contributed by atoms with E-state index >= 15 is 0 Å². The highest BCUT2D eigenvalue weighted by Gasteiger charge is 2.10. The summed E-state index contributed by atoms with van der Waals surface area (Å²) in [5.41, 5.74) is 3.23. The summed E-state index contributed by atoms with van der Waals surface area (Å²) in [6.45, 7) is 5.18. The summed E-state index contributed by atoms with van der Waals surface area (Å²) in [4.78, 5) is 0. The minimum atomic E-state index is 0.543. The number of rotatable bonds is 5. The summed E-state index contributed by atoms with van der Waals surface area (Å²) in [7, 11) is 0. The molecular weight excluding hydrogens is 293 g/mol. The van der Waals surface area contributed by atoms with E-state index in [2.05, 4.69) is 18.3 Å². The zero-order chi connectivity index (χ0) is 14.5. The van der Waals surface area contributed by atoms with Gasteiger partial charge in [0.2, 0.25) is 0 Å². The van der Waals surface area contributed by atoms with E-state index in [0.717, 1.165) is 11.3 Å². The number of ether oxygens (including phenoxy) is 1. The number of para-hydroxylation sites is 1. The smallest absolute Gasteiger partial charge is 0.142 e. The highest BCUT2D eigenvalue weighted by molar-refractivity contribution is 6.35. The van der Waals surface area contributed by atoms with Gasteiger partial charge < -0.3 is 10.1 Å². The zero-order valence-corrected chi connectivity index (χ0v) is 13.1. The molecular formula is C16H17Cl2NO. The predicted octanol–water partition coefficient (Wildman–Crippen LogP) is 5.31. The van der Waals surface area contributed by atoms with Gasteiger partial charge in [0.25, 0.3) is 0 Å². The molecule has 2 rings (SSSR count). The molecule has 0 amide bonds. The Balaban J connectivity index is 2.22. The summed E-state index contributed by atoms with van der Waals surface area (Å²) < 4.78 is 5.61. The third kappa shape index (κ3) is 3.59. The molecule has 0 radical (unpaired) electrons. The van der Waals surface area contributed by atoms with Crippen molar-refractivity contribution in [3.8, 4) is 5.75 Å². The standard InChI is InChI=1S/C16H17Cl2NO/c1-3-20-16-12(8-13(17)9-14(16)18)10-19-15-7-5-4-6-11(15)2/h4-9,19H,3,10H2,1-2H3. The molecule has 0 saturated carbocycles. The van der Waals surface area contributed by atoms with E-state index in [0.29, 0.717) is 28.9 Å². The molecule has 0 saturated heterocycles. The van der Waals surface area contributed by atoms with E-state index in [1.54, 1.807) is 6.07 Å². The highest BCUT2D eigenvalue weighted by Crippen LogP contribution is 2.33. The minimum Gasteiger partial charge on any atom is -0.492 e. The molecule has 2 aromatic carbocycles. The first-order chi connectivity index (χ1) is 9.61. The van der Waals surface area contributed by atoms with Crippen LogP contribution in [0.25, 0.3) is 0 Å². The molecule has 0 aliphatic carbocycles. The first-order valence-electron chi connectivity index (χ1n) is 6.52. The molecule has 2 aromatic rings. The van der Waals surface area contributed by atoms with Crippen LogP contribution in [0.1, 0.15) is 18.1 Å². The Morgan fingerprint density at radius 1 is 1.15 bits per heavy atom. The van der Waals surface area contributed by atoms with Crippen LogP contribution >= 0.6 is 23.2 Å². The number of benzene rings is 2. The Kier molecular flexibility index (Phi) is 5.16. The van der Waals surface area contributed by atoms with Crippen LogP contribution < -0.4 is 10.1 Å². The Labute approximate surface area is 129 Å². The monoisotopic (exact) mass is 309 g/mol. The molecule has 0 aromatic heterocycles. The normalized spacial score (nSPS) is 10.4. The second kappa shape index (κ2) is 6.87. The van der Waals surface area contributed by atoms with Gasteiger partial charge in [-0.3, -0.25) is 0 Å². The van der Waals surface area contributed by atoms with Gasteiger partial charge in [0.1, 0.15) is 5.75 Å². The van der Waals surface area contributed by atoms with Crippen LogP contribution in [0.2, 0.25) is 10.0 Å². The summed E-state index contributed by atoms with van der Waals surface area (Å²) in [6.07, 6.45) is 0. The van der Waals surface area contributed by atoms with Crippen LogP contribution in [-0.2, 0) is 6.54 Å². The summed E-state index contributed by atoms with van der Waals surface area (Å²) >= 11 is 12.3. The third-order valence-corrected chi connectivity index (χ3v) is 3.49. The van der Waals surface area contributed by atoms with Crippen molar-refractivity contribution in [2.45, 2.75) is 20.4 Å². The van der Waals surface area contributed by atoms with E-state index in [1.807, 2.05) is 31.2 Å². The summed E-state index contributed by atoms with van der Waals surface area (Å²) in [5.74, 6) is 0.694. The van der Waals surface area contributed by atoms with Gasteiger partial charge in [-0.15, -0.1) is 0 Å². The molecule has 0 unspecified atom stereocenters. The predicted molar refractivity (Wildman–Crippen MR) is 86.1 cm³/mol. The molecule has 0 atom stereocenters. The quantitative estimate of drug-likeness (QED) is 0.807. The van der Waals surface area contributed by atoms with Gasteiger partial charge in [-0.05, 0) is 37.6 Å². The van der Waals surface area contributed by atoms with Crippen molar-refractivity contribution >= 4 is 28.9 Å². The second-order valence-electron chi connectivity index (χ2n) is 4.48. The van der Waals surface area contributed by atoms with E-state index in [4.69, 9.17) is 27.9 Å². The number of aryl methyl sites for hydroxylation is 1. The largest absolute Gasteiger partial charge is 0.492 e. The SMILES string of the molecule is CCOc1c(Cl)cc(Cl)cc1CNc1ccccc1C. The van der Waals surface area contributed by atoms with Crippen LogP contribution in [0.3, 0.4) is 0 Å². The molecule has 0 spiro atoms. The van der Waals surface area contributed by atoms with Crippen LogP contribution in [0, 0.1) is 6.92 Å². The fraction of sp³-hybridized carbons (Fsp3) is 0.250. The number of anilines is 1. The van der Waals surface area contributed by atoms with Crippen molar-refractivity contribution in [1.82, 2.24) is 0 Å². The Morgan fingerprint density at radius 3 is 2.60 bits per heavy atom. The lowest BCUT2D eigenvalue weighted by Crippen LogP contribution is -2.04. The average molecular weight is 310 g/mol. The van der Waals surface area contributed by atoms with Crippen molar-refractivity contribution in [3.63, 3.8) is 0 Å². The van der Waals surface area contributed by atoms with E-state index in [9.17, 15) is 0 Å². The lowest BCUT2D eigenvalue weighted by Gasteiger charge is -2.15. The molecule has 106 valence electrons. The second-order valence-corrected chi connectivity index (χ2v) is 5.32. The Hall–Kier alpha value is -1.38. The van der Waals surface area contributed by atoms with E-state index in [-0.39, 0.29) is 0 Å². The molecule has 0 bridgehead atoms. The maximum absolute atomic E-state index is 6.19. The highest BCUT2D eigenvalue weighted by atomic mass is 35.5. The van der Waals surface area contributed by atoms with Gasteiger partial charge in [-0.2, -0.15) is 0 Å². The van der Waals surface area contributed by atoms with Crippen molar-refractivity contribution in [3.05, 3.63) is 57.6 Å². The van der Waals surface area contributed by atoms with Gasteiger partial charge in [-0.1, -0.05) is 41.4 Å². The van der Waals surface area contributed by atoms with Crippen molar-refractivity contribution < 1.29 is 4.74 Å². The van der Waals surface area contributed by atoms with Gasteiger partial charge in [-0.25, -0.2) is 0 Å². The van der Waals surface area contributed by atoms with Crippen LogP contribution in [0.5, 0.6) is 5.75 Å². The Morgan fingerprint density at radius 2 is 1.90 bits per heavy atom. The molecule has 20 heavy (non-hydrogen) atoms. The van der Waals surface area contributed by atoms with Gasteiger partial charge in [0.15, 0.2) is 0 Å². The van der Waals surface area contributed by atoms with Crippen LogP contribution in [0.4, 0.5) is 5.69 Å². The topological polar surface area (TPSA) is 21.3 Å². The zero-order valence-electron chi connectivity index (χ0n) is 11.5. The van der Waals surface area contributed by atoms with E-state index < -0.39 is 0 Å². The van der Waals surface area contributed by atoms with Crippen molar-refractivity contribution in [2.75, 3.05) is 11.9 Å². The Bertz CT molecular complexity index is 599. The first kappa shape index (κ1) is 15.0. The van der Waals surface area contributed by atoms with Gasteiger partial charge in [0.05, 0.1) is 11.6 Å². The average Bonchev–Trinajstić information content (AvgIpc) is 2.41. The minimum absolute atomic E-state index is 0.543. The van der Waals surface area contributed by atoms with Gasteiger partial charge >= 0.3 is 0 Å². The first-order valence-corrected chi connectivity index (χ1v) is 7.27. The fourth-order valence-electron chi connectivity index (χ4n) is 2.01. The molecule has 0 aliphatic heterocycles. The maximum atomic E-state index is 6.19. The third-order valence-electron chi connectivity index (χ3n) is 2.99. The number of halogens is 2. The maximum Gasteiger partial charge on any atom is 0.142 e.